The van der Waals surface area contributed by atoms with E-state index in [9.17, 15) is 4.79 Å². The number of nitrogens with zero attached hydrogens (tertiary/aromatic N) is 5. The second kappa shape index (κ2) is 11.8. The van der Waals surface area contributed by atoms with Gasteiger partial charge in [-0.05, 0) is 50.2 Å². The molecular weight excluding hydrogens is 436 g/mol. The van der Waals surface area contributed by atoms with Gasteiger partial charge in [-0.2, -0.15) is 4.98 Å². The van der Waals surface area contributed by atoms with Crippen LogP contribution in [-0.4, -0.2) is 77.0 Å². The second-order valence-corrected chi connectivity index (χ2v) is 10.4. The lowest BCUT2D eigenvalue weighted by Gasteiger charge is -2.37. The summed E-state index contributed by atoms with van der Waals surface area (Å²) in [5.74, 6) is 2.10. The van der Waals surface area contributed by atoms with E-state index in [4.69, 9.17) is 4.98 Å². The Hall–Kier alpha value is -2.67. The summed E-state index contributed by atoms with van der Waals surface area (Å²) in [6, 6.07) is 13.2. The zero-order valence-electron chi connectivity index (χ0n) is 20.9. The van der Waals surface area contributed by atoms with Gasteiger partial charge in [-0.3, -0.25) is 9.69 Å². The number of anilines is 2. The molecule has 0 bridgehead atoms. The lowest BCUT2D eigenvalue weighted by molar-refractivity contribution is -0.133. The highest BCUT2D eigenvalue weighted by Gasteiger charge is 2.32. The number of carbonyl (C=O) groups is 1. The maximum atomic E-state index is 12.9. The van der Waals surface area contributed by atoms with Crippen LogP contribution in [0.25, 0.3) is 0 Å². The maximum absolute atomic E-state index is 12.9. The lowest BCUT2D eigenvalue weighted by Crippen LogP contribution is -2.49. The van der Waals surface area contributed by atoms with Gasteiger partial charge in [0.1, 0.15) is 5.82 Å². The van der Waals surface area contributed by atoms with E-state index in [1.54, 1.807) is 0 Å². The Morgan fingerprint density at radius 3 is 2.57 bits per heavy atom. The topological polar surface area (TPSA) is 64.6 Å². The first kappa shape index (κ1) is 24.0. The standard InChI is InChI=1S/C28H40N6O/c35-27(13-12-23-9-4-3-5-10-23)34-19-8-11-25(22-34)33-20-15-24(21-33)30-28-29-16-14-26(31-28)32-17-6-1-2-7-18-32/h3-5,9-10,14,16,24-25H,1-2,6-8,11-13,15,17-22H2,(H,29,30,31). The quantitative estimate of drug-likeness (QED) is 0.653. The van der Waals surface area contributed by atoms with Crippen molar-refractivity contribution < 1.29 is 4.79 Å². The summed E-state index contributed by atoms with van der Waals surface area (Å²) in [7, 11) is 0. The number of rotatable bonds is 7. The molecule has 5 rings (SSSR count). The minimum atomic E-state index is 0.297. The molecule has 0 aliphatic carbocycles. The van der Waals surface area contributed by atoms with Crippen LogP contribution in [0.5, 0.6) is 0 Å². The third kappa shape index (κ3) is 6.51. The van der Waals surface area contributed by atoms with Gasteiger partial charge in [0.05, 0.1) is 0 Å². The number of nitrogens with one attached hydrogen (secondary N) is 1. The highest BCUT2D eigenvalue weighted by molar-refractivity contribution is 5.76. The molecule has 3 fully saturated rings. The van der Waals surface area contributed by atoms with Crippen molar-refractivity contribution in [3.8, 4) is 0 Å². The van der Waals surface area contributed by atoms with Crippen LogP contribution in [0.2, 0.25) is 0 Å². The zero-order chi connectivity index (χ0) is 23.9. The van der Waals surface area contributed by atoms with E-state index in [1.807, 2.05) is 30.5 Å². The number of hydrogen-bond acceptors (Lipinski definition) is 6. The summed E-state index contributed by atoms with van der Waals surface area (Å²) in [4.78, 5) is 29.4. The highest BCUT2D eigenvalue weighted by atomic mass is 16.2. The number of carbonyl (C=O) groups excluding carboxylic acids is 1. The van der Waals surface area contributed by atoms with Gasteiger partial charge >= 0.3 is 0 Å². The first-order valence-corrected chi connectivity index (χ1v) is 13.6. The van der Waals surface area contributed by atoms with Crippen molar-refractivity contribution >= 4 is 17.7 Å². The van der Waals surface area contributed by atoms with Crippen molar-refractivity contribution in [2.75, 3.05) is 49.5 Å². The molecule has 7 nitrogen and oxygen atoms in total. The summed E-state index contributed by atoms with van der Waals surface area (Å²) in [5, 5.41) is 3.61. The third-order valence-corrected chi connectivity index (χ3v) is 7.86. The Kier molecular flexibility index (Phi) is 8.14. The molecule has 1 N–H and O–H groups in total. The van der Waals surface area contributed by atoms with Crippen molar-refractivity contribution in [1.29, 1.82) is 0 Å². The average molecular weight is 477 g/mol. The molecule has 4 heterocycles. The van der Waals surface area contributed by atoms with Crippen LogP contribution in [-0.2, 0) is 11.2 Å². The number of hydrogen-bond donors (Lipinski definition) is 1. The molecule has 0 spiro atoms. The van der Waals surface area contributed by atoms with Gasteiger partial charge in [0.25, 0.3) is 0 Å². The predicted molar refractivity (Wildman–Crippen MR) is 141 cm³/mol. The Labute approximate surface area is 209 Å². The summed E-state index contributed by atoms with van der Waals surface area (Å²) >= 11 is 0. The molecule has 1 amide bonds. The summed E-state index contributed by atoms with van der Waals surface area (Å²) in [5.41, 5.74) is 1.24. The number of piperidine rings is 1. The molecule has 1 aromatic carbocycles. The van der Waals surface area contributed by atoms with E-state index >= 15 is 0 Å². The number of aromatic nitrogens is 2. The minimum Gasteiger partial charge on any atom is -0.356 e. The van der Waals surface area contributed by atoms with Crippen LogP contribution in [0.15, 0.2) is 42.6 Å². The van der Waals surface area contributed by atoms with Gasteiger partial charge in [-0.25, -0.2) is 4.98 Å². The molecule has 1 aromatic heterocycles. The van der Waals surface area contributed by atoms with Crippen LogP contribution in [0.1, 0.15) is 56.9 Å². The van der Waals surface area contributed by atoms with Crippen LogP contribution in [0, 0.1) is 0 Å². The van der Waals surface area contributed by atoms with Crippen molar-refractivity contribution in [2.45, 2.75) is 69.9 Å². The highest BCUT2D eigenvalue weighted by Crippen LogP contribution is 2.24. The largest absolute Gasteiger partial charge is 0.356 e. The van der Waals surface area contributed by atoms with Crippen molar-refractivity contribution in [3.63, 3.8) is 0 Å². The predicted octanol–water partition coefficient (Wildman–Crippen LogP) is 3.97. The molecule has 3 aliphatic heterocycles. The molecule has 7 heteroatoms. The Morgan fingerprint density at radius 2 is 1.74 bits per heavy atom. The van der Waals surface area contributed by atoms with Crippen molar-refractivity contribution in [3.05, 3.63) is 48.2 Å². The Bertz CT molecular complexity index is 945. The van der Waals surface area contributed by atoms with Gasteiger partial charge in [0, 0.05) is 64.0 Å². The molecule has 2 unspecified atom stereocenters. The van der Waals surface area contributed by atoms with Crippen LogP contribution in [0.4, 0.5) is 11.8 Å². The molecule has 0 saturated carbocycles. The average Bonchev–Trinajstić information content (AvgIpc) is 3.19. The number of benzene rings is 1. The first-order valence-electron chi connectivity index (χ1n) is 13.6. The molecule has 2 aromatic rings. The summed E-state index contributed by atoms with van der Waals surface area (Å²) in [6.07, 6.45) is 11.8. The minimum absolute atomic E-state index is 0.297. The van der Waals surface area contributed by atoms with E-state index in [-0.39, 0.29) is 0 Å². The van der Waals surface area contributed by atoms with E-state index < -0.39 is 0 Å². The van der Waals surface area contributed by atoms with Crippen molar-refractivity contribution in [2.24, 2.45) is 0 Å². The van der Waals surface area contributed by atoms with Gasteiger partial charge < -0.3 is 15.1 Å². The Balaban J connectivity index is 1.11. The monoisotopic (exact) mass is 476 g/mol. The molecule has 0 radical (unpaired) electrons. The van der Waals surface area contributed by atoms with Crippen molar-refractivity contribution in [1.82, 2.24) is 19.8 Å². The van der Waals surface area contributed by atoms with E-state index in [2.05, 4.69) is 37.1 Å². The van der Waals surface area contributed by atoms with E-state index in [0.717, 1.165) is 70.3 Å². The molecule has 3 aliphatic rings. The Morgan fingerprint density at radius 1 is 0.914 bits per heavy atom. The zero-order valence-corrected chi connectivity index (χ0v) is 20.9. The SMILES string of the molecule is O=C(CCc1ccccc1)N1CCCC(N2CCC(Nc3nccc(N4CCCCCC4)n3)C2)C1. The fourth-order valence-corrected chi connectivity index (χ4v) is 5.85. The van der Waals surface area contributed by atoms with E-state index in [1.165, 1.54) is 37.7 Å². The van der Waals surface area contributed by atoms with Gasteiger partial charge in [0.15, 0.2) is 0 Å². The molecule has 188 valence electrons. The molecule has 3 saturated heterocycles. The van der Waals surface area contributed by atoms with Gasteiger partial charge in [-0.1, -0.05) is 43.2 Å². The molecule has 35 heavy (non-hydrogen) atoms. The molecule has 2 atom stereocenters. The van der Waals surface area contributed by atoms with Crippen LogP contribution < -0.4 is 10.2 Å². The maximum Gasteiger partial charge on any atom is 0.224 e. The number of aryl methyl sites for hydroxylation is 1. The van der Waals surface area contributed by atoms with Gasteiger partial charge in [-0.15, -0.1) is 0 Å². The summed E-state index contributed by atoms with van der Waals surface area (Å²) < 4.78 is 0. The lowest BCUT2D eigenvalue weighted by atomic mass is 10.0. The summed E-state index contributed by atoms with van der Waals surface area (Å²) in [6.45, 7) is 6.01. The van der Waals surface area contributed by atoms with Crippen LogP contribution >= 0.6 is 0 Å². The van der Waals surface area contributed by atoms with E-state index in [0.29, 0.717) is 24.4 Å². The number of amides is 1. The molecular formula is C28H40N6O. The second-order valence-electron chi connectivity index (χ2n) is 10.4. The normalized spacial score (nSPS) is 23.8. The fourth-order valence-electron chi connectivity index (χ4n) is 5.85. The number of likely N-dealkylation sites (tertiary alicyclic amines) is 2. The smallest absolute Gasteiger partial charge is 0.224 e. The fraction of sp³-hybridized carbons (Fsp3) is 0.607. The van der Waals surface area contributed by atoms with Gasteiger partial charge in [0.2, 0.25) is 11.9 Å². The van der Waals surface area contributed by atoms with Crippen LogP contribution in [0.3, 0.4) is 0 Å². The third-order valence-electron chi connectivity index (χ3n) is 7.86. The first-order chi connectivity index (χ1) is 17.2.